The molecule has 3 atom stereocenters. The fourth-order valence-electron chi connectivity index (χ4n) is 4.29. The van der Waals surface area contributed by atoms with E-state index in [1.54, 1.807) is 0 Å². The fourth-order valence-corrected chi connectivity index (χ4v) is 4.29. The van der Waals surface area contributed by atoms with Crippen molar-refractivity contribution in [3.05, 3.63) is 35.9 Å². The van der Waals surface area contributed by atoms with E-state index < -0.39 is 0 Å². The molecule has 1 aromatic carbocycles. The Labute approximate surface area is 185 Å². The first-order chi connectivity index (χ1) is 13.1. The SMILES string of the molecule is CN=C(NCC1CCCN1Cc1ccccc1)N1CC(C)C(C(=O)OC)C1.I. The first kappa shape index (κ1) is 22.9. The summed E-state index contributed by atoms with van der Waals surface area (Å²) in [5, 5.41) is 3.55. The summed E-state index contributed by atoms with van der Waals surface area (Å²) < 4.78 is 4.95. The van der Waals surface area contributed by atoms with Crippen LogP contribution < -0.4 is 5.32 Å². The molecule has 0 amide bonds. The standard InChI is InChI=1S/C21H32N4O2.HI/c1-16-13-25(15-19(16)20(26)27-3)21(22-2)23-12-18-10-7-11-24(18)14-17-8-5-4-6-9-17;/h4-6,8-9,16,18-19H,7,10-15H2,1-3H3,(H,22,23);1H. The highest BCUT2D eigenvalue weighted by Crippen LogP contribution is 2.24. The second-order valence-corrected chi connectivity index (χ2v) is 7.69. The van der Waals surface area contributed by atoms with Crippen molar-refractivity contribution in [2.45, 2.75) is 32.4 Å². The van der Waals surface area contributed by atoms with Crippen LogP contribution in [0.25, 0.3) is 0 Å². The van der Waals surface area contributed by atoms with Gasteiger partial charge in [-0.1, -0.05) is 37.3 Å². The van der Waals surface area contributed by atoms with Gasteiger partial charge < -0.3 is 15.0 Å². The number of nitrogens with one attached hydrogen (secondary N) is 1. The highest BCUT2D eigenvalue weighted by atomic mass is 127. The highest BCUT2D eigenvalue weighted by molar-refractivity contribution is 14.0. The number of esters is 1. The molecule has 2 aliphatic rings. The van der Waals surface area contributed by atoms with Gasteiger partial charge in [0.05, 0.1) is 13.0 Å². The summed E-state index contributed by atoms with van der Waals surface area (Å²) in [6, 6.07) is 11.2. The first-order valence-corrected chi connectivity index (χ1v) is 9.93. The summed E-state index contributed by atoms with van der Waals surface area (Å²) in [6.07, 6.45) is 2.45. The third-order valence-electron chi connectivity index (χ3n) is 5.85. The minimum absolute atomic E-state index is 0. The number of methoxy groups -OCH3 is 1. The molecule has 0 aromatic heterocycles. The molecule has 2 heterocycles. The number of rotatable bonds is 5. The van der Waals surface area contributed by atoms with Gasteiger partial charge in [-0.3, -0.25) is 14.7 Å². The summed E-state index contributed by atoms with van der Waals surface area (Å²) in [5.41, 5.74) is 1.36. The molecule has 6 nitrogen and oxygen atoms in total. The Kier molecular flexibility index (Phi) is 9.01. The van der Waals surface area contributed by atoms with Crippen LogP contribution in [0.3, 0.4) is 0 Å². The van der Waals surface area contributed by atoms with Gasteiger partial charge in [0.2, 0.25) is 0 Å². The molecule has 0 bridgehead atoms. The number of nitrogens with zero attached hydrogens (tertiary/aromatic N) is 3. The van der Waals surface area contributed by atoms with Crippen molar-refractivity contribution in [1.29, 1.82) is 0 Å². The number of benzene rings is 1. The Morgan fingerprint density at radius 2 is 2.04 bits per heavy atom. The zero-order valence-electron chi connectivity index (χ0n) is 17.1. The van der Waals surface area contributed by atoms with Gasteiger partial charge in [0, 0.05) is 39.3 Å². The third kappa shape index (κ3) is 5.59. The second-order valence-electron chi connectivity index (χ2n) is 7.69. The average molecular weight is 500 g/mol. The number of likely N-dealkylation sites (tertiary alicyclic amines) is 2. The molecule has 2 aliphatic heterocycles. The van der Waals surface area contributed by atoms with E-state index in [0.29, 0.717) is 12.6 Å². The number of carbonyl (C=O) groups is 1. The lowest BCUT2D eigenvalue weighted by Crippen LogP contribution is -2.46. The van der Waals surface area contributed by atoms with Crippen LogP contribution >= 0.6 is 24.0 Å². The van der Waals surface area contributed by atoms with E-state index in [2.05, 4.69) is 57.4 Å². The molecule has 0 saturated carbocycles. The Balaban J connectivity index is 0.00000280. The van der Waals surface area contributed by atoms with E-state index in [9.17, 15) is 4.79 Å². The van der Waals surface area contributed by atoms with Crippen molar-refractivity contribution >= 4 is 35.9 Å². The van der Waals surface area contributed by atoms with Crippen LogP contribution in [0.15, 0.2) is 35.3 Å². The van der Waals surface area contributed by atoms with Crippen molar-refractivity contribution < 1.29 is 9.53 Å². The molecule has 3 rings (SSSR count). The van der Waals surface area contributed by atoms with E-state index >= 15 is 0 Å². The molecule has 0 aliphatic carbocycles. The van der Waals surface area contributed by atoms with E-state index in [1.807, 2.05) is 7.05 Å². The molecule has 0 spiro atoms. The van der Waals surface area contributed by atoms with Gasteiger partial charge in [0.1, 0.15) is 0 Å². The van der Waals surface area contributed by atoms with E-state index in [4.69, 9.17) is 4.74 Å². The molecule has 3 unspecified atom stereocenters. The van der Waals surface area contributed by atoms with E-state index in [0.717, 1.165) is 32.1 Å². The molecule has 2 saturated heterocycles. The maximum Gasteiger partial charge on any atom is 0.310 e. The molecule has 2 fully saturated rings. The smallest absolute Gasteiger partial charge is 0.310 e. The van der Waals surface area contributed by atoms with Crippen LogP contribution in [-0.4, -0.2) is 68.1 Å². The fraction of sp³-hybridized carbons (Fsp3) is 0.619. The predicted molar refractivity (Wildman–Crippen MR) is 123 cm³/mol. The molecular weight excluding hydrogens is 467 g/mol. The predicted octanol–water partition coefficient (Wildman–Crippen LogP) is 2.59. The van der Waals surface area contributed by atoms with Gasteiger partial charge in [0.15, 0.2) is 5.96 Å². The lowest BCUT2D eigenvalue weighted by molar-refractivity contribution is -0.145. The number of carbonyl (C=O) groups excluding carboxylic acids is 1. The molecule has 28 heavy (non-hydrogen) atoms. The minimum Gasteiger partial charge on any atom is -0.469 e. The molecule has 1 aromatic rings. The largest absolute Gasteiger partial charge is 0.469 e. The van der Waals surface area contributed by atoms with Crippen LogP contribution in [0.1, 0.15) is 25.3 Å². The van der Waals surface area contributed by atoms with E-state index in [1.165, 1.54) is 25.5 Å². The van der Waals surface area contributed by atoms with Gasteiger partial charge in [-0.15, -0.1) is 24.0 Å². The zero-order chi connectivity index (χ0) is 19.2. The van der Waals surface area contributed by atoms with Crippen molar-refractivity contribution in [3.63, 3.8) is 0 Å². The number of guanidine groups is 1. The lowest BCUT2D eigenvalue weighted by atomic mass is 9.99. The van der Waals surface area contributed by atoms with E-state index in [-0.39, 0.29) is 41.8 Å². The lowest BCUT2D eigenvalue weighted by Gasteiger charge is -2.28. The Hall–Kier alpha value is -1.35. The quantitative estimate of drug-likeness (QED) is 0.292. The van der Waals surface area contributed by atoms with Crippen LogP contribution in [0.5, 0.6) is 0 Å². The monoisotopic (exact) mass is 500 g/mol. The Bertz CT molecular complexity index is 655. The number of hydrogen-bond donors (Lipinski definition) is 1. The molecule has 0 radical (unpaired) electrons. The molecule has 1 N–H and O–H groups in total. The van der Waals surface area contributed by atoms with Crippen molar-refractivity contribution in [2.75, 3.05) is 40.3 Å². The maximum atomic E-state index is 11.9. The molecule has 156 valence electrons. The Morgan fingerprint density at radius 3 is 2.71 bits per heavy atom. The van der Waals surface area contributed by atoms with Crippen molar-refractivity contribution in [3.8, 4) is 0 Å². The third-order valence-corrected chi connectivity index (χ3v) is 5.85. The minimum atomic E-state index is -0.120. The summed E-state index contributed by atoms with van der Waals surface area (Å²) in [5.74, 6) is 0.969. The van der Waals surface area contributed by atoms with Gasteiger partial charge in [-0.25, -0.2) is 0 Å². The average Bonchev–Trinajstić information content (AvgIpc) is 3.29. The van der Waals surface area contributed by atoms with Gasteiger partial charge >= 0.3 is 5.97 Å². The van der Waals surface area contributed by atoms with Gasteiger partial charge in [0.25, 0.3) is 0 Å². The van der Waals surface area contributed by atoms with Crippen LogP contribution in [0.2, 0.25) is 0 Å². The number of halogens is 1. The van der Waals surface area contributed by atoms with Crippen molar-refractivity contribution in [2.24, 2.45) is 16.8 Å². The number of hydrogen-bond acceptors (Lipinski definition) is 4. The number of aliphatic imine (C=N–C) groups is 1. The van der Waals surface area contributed by atoms with Crippen LogP contribution in [-0.2, 0) is 16.1 Å². The molecular formula is C21H33IN4O2. The summed E-state index contributed by atoms with van der Waals surface area (Å²) in [6.45, 7) is 6.63. The Morgan fingerprint density at radius 1 is 1.29 bits per heavy atom. The highest BCUT2D eigenvalue weighted by Gasteiger charge is 2.37. The van der Waals surface area contributed by atoms with Gasteiger partial charge in [-0.2, -0.15) is 0 Å². The maximum absolute atomic E-state index is 11.9. The zero-order valence-corrected chi connectivity index (χ0v) is 19.5. The van der Waals surface area contributed by atoms with Gasteiger partial charge in [-0.05, 0) is 30.9 Å². The topological polar surface area (TPSA) is 57.2 Å². The van der Waals surface area contributed by atoms with Crippen molar-refractivity contribution in [1.82, 2.24) is 15.1 Å². The van der Waals surface area contributed by atoms with Crippen LogP contribution in [0.4, 0.5) is 0 Å². The second kappa shape index (κ2) is 11.0. The van der Waals surface area contributed by atoms with Crippen LogP contribution in [0, 0.1) is 11.8 Å². The normalized spacial score (nSPS) is 25.5. The summed E-state index contributed by atoms with van der Waals surface area (Å²) in [7, 11) is 3.28. The summed E-state index contributed by atoms with van der Waals surface area (Å²) >= 11 is 0. The first-order valence-electron chi connectivity index (χ1n) is 9.93. The summed E-state index contributed by atoms with van der Waals surface area (Å²) in [4.78, 5) is 21.1. The number of ether oxygens (including phenoxy) is 1. The molecule has 7 heteroatoms.